The molecule has 0 amide bonds. The molecule has 0 radical (unpaired) electrons. The number of aromatic carboxylic acids is 1. The van der Waals surface area contributed by atoms with Gasteiger partial charge >= 0.3 is 5.97 Å². The third-order valence-electron chi connectivity index (χ3n) is 2.59. The van der Waals surface area contributed by atoms with Crippen molar-refractivity contribution in [3.05, 3.63) is 52.7 Å². The number of anilines is 1. The van der Waals surface area contributed by atoms with Crippen molar-refractivity contribution in [1.29, 1.82) is 0 Å². The Morgan fingerprint density at radius 1 is 1.42 bits per heavy atom. The third kappa shape index (κ3) is 2.88. The van der Waals surface area contributed by atoms with E-state index >= 15 is 0 Å². The van der Waals surface area contributed by atoms with Gasteiger partial charge in [0.15, 0.2) is 0 Å². The van der Waals surface area contributed by atoms with Gasteiger partial charge in [-0.2, -0.15) is 0 Å². The Bertz CT molecular complexity index is 591. The molecule has 19 heavy (non-hydrogen) atoms. The zero-order chi connectivity index (χ0) is 14.0. The van der Waals surface area contributed by atoms with Gasteiger partial charge in [-0.1, -0.05) is 17.7 Å². The number of furan rings is 1. The van der Waals surface area contributed by atoms with Gasteiger partial charge in [0, 0.05) is 0 Å². The summed E-state index contributed by atoms with van der Waals surface area (Å²) in [6.45, 7) is 1.72. The van der Waals surface area contributed by atoms with E-state index in [2.05, 4.69) is 5.32 Å². The average Bonchev–Trinajstić information content (AvgIpc) is 2.83. The molecule has 100 valence electrons. The van der Waals surface area contributed by atoms with Gasteiger partial charge in [0.25, 0.3) is 0 Å². The number of benzene rings is 1. The number of hydrogen-bond acceptors (Lipinski definition) is 3. The molecule has 1 unspecified atom stereocenters. The standard InChI is InChI=1S/C13H11ClFNO3/c1-7(10-5-6-11(19-10)13(17)18)16-12-8(14)3-2-4-9(12)15/h2-7,16H,1H3,(H,17,18). The predicted octanol–water partition coefficient (Wildman–Crippen LogP) is 3.94. The van der Waals surface area contributed by atoms with Crippen molar-refractivity contribution in [2.75, 3.05) is 5.32 Å². The molecule has 0 spiro atoms. The fraction of sp³-hybridized carbons (Fsp3) is 0.154. The summed E-state index contributed by atoms with van der Waals surface area (Å²) < 4.78 is 18.7. The van der Waals surface area contributed by atoms with Crippen molar-refractivity contribution < 1.29 is 18.7 Å². The molecule has 2 N–H and O–H groups in total. The van der Waals surface area contributed by atoms with Crippen molar-refractivity contribution in [1.82, 2.24) is 0 Å². The number of halogens is 2. The van der Waals surface area contributed by atoms with E-state index in [-0.39, 0.29) is 16.5 Å². The van der Waals surface area contributed by atoms with Crippen LogP contribution in [-0.2, 0) is 0 Å². The Balaban J connectivity index is 2.20. The van der Waals surface area contributed by atoms with Crippen LogP contribution in [0.15, 0.2) is 34.7 Å². The molecule has 0 saturated heterocycles. The number of carboxylic acid groups (broad SMARTS) is 1. The maximum Gasteiger partial charge on any atom is 0.371 e. The molecule has 0 aliphatic carbocycles. The molecule has 2 aromatic rings. The van der Waals surface area contributed by atoms with Gasteiger partial charge in [0.05, 0.1) is 16.8 Å². The van der Waals surface area contributed by atoms with E-state index in [9.17, 15) is 9.18 Å². The molecular formula is C13H11ClFNO3. The van der Waals surface area contributed by atoms with E-state index in [0.29, 0.717) is 5.76 Å². The van der Waals surface area contributed by atoms with Crippen LogP contribution >= 0.6 is 11.6 Å². The quantitative estimate of drug-likeness (QED) is 0.892. The number of nitrogens with one attached hydrogen (secondary N) is 1. The highest BCUT2D eigenvalue weighted by Gasteiger charge is 2.16. The van der Waals surface area contributed by atoms with Crippen molar-refractivity contribution in [3.8, 4) is 0 Å². The Hall–Kier alpha value is -2.01. The first kappa shape index (κ1) is 13.4. The van der Waals surface area contributed by atoms with Crippen LogP contribution in [0.1, 0.15) is 29.3 Å². The molecule has 0 saturated carbocycles. The van der Waals surface area contributed by atoms with Gasteiger partial charge in [0.1, 0.15) is 11.6 Å². The van der Waals surface area contributed by atoms with Crippen LogP contribution < -0.4 is 5.32 Å². The lowest BCUT2D eigenvalue weighted by molar-refractivity contribution is 0.0660. The molecular weight excluding hydrogens is 273 g/mol. The summed E-state index contributed by atoms with van der Waals surface area (Å²) >= 11 is 5.89. The van der Waals surface area contributed by atoms with Crippen LogP contribution in [0.5, 0.6) is 0 Å². The summed E-state index contributed by atoms with van der Waals surface area (Å²) in [5.74, 6) is -1.41. The number of carboxylic acids is 1. The lowest BCUT2D eigenvalue weighted by Crippen LogP contribution is -2.07. The monoisotopic (exact) mass is 283 g/mol. The lowest BCUT2D eigenvalue weighted by Gasteiger charge is -2.14. The zero-order valence-corrected chi connectivity index (χ0v) is 10.7. The van der Waals surface area contributed by atoms with Crippen molar-refractivity contribution in [3.63, 3.8) is 0 Å². The van der Waals surface area contributed by atoms with Crippen LogP contribution in [0.3, 0.4) is 0 Å². The van der Waals surface area contributed by atoms with Crippen LogP contribution in [0.4, 0.5) is 10.1 Å². The summed E-state index contributed by atoms with van der Waals surface area (Å²) in [6.07, 6.45) is 0. The third-order valence-corrected chi connectivity index (χ3v) is 2.90. The molecule has 1 atom stereocenters. The maximum atomic E-state index is 13.6. The molecule has 0 aliphatic heterocycles. The van der Waals surface area contributed by atoms with E-state index in [1.54, 1.807) is 13.0 Å². The first-order valence-electron chi connectivity index (χ1n) is 5.52. The fourth-order valence-electron chi connectivity index (χ4n) is 1.62. The number of carbonyl (C=O) groups is 1. The summed E-state index contributed by atoms with van der Waals surface area (Å²) in [4.78, 5) is 10.7. The minimum atomic E-state index is -1.15. The molecule has 1 aromatic heterocycles. The van der Waals surface area contributed by atoms with Gasteiger partial charge < -0.3 is 14.8 Å². The van der Waals surface area contributed by atoms with Gasteiger partial charge in [0.2, 0.25) is 5.76 Å². The first-order chi connectivity index (χ1) is 8.99. The second kappa shape index (κ2) is 5.32. The van der Waals surface area contributed by atoms with Crippen molar-refractivity contribution in [2.45, 2.75) is 13.0 Å². The normalized spacial score (nSPS) is 12.2. The maximum absolute atomic E-state index is 13.6. The Labute approximate surface area is 113 Å². The molecule has 6 heteroatoms. The fourth-order valence-corrected chi connectivity index (χ4v) is 1.84. The first-order valence-corrected chi connectivity index (χ1v) is 5.90. The van der Waals surface area contributed by atoms with Crippen LogP contribution in [0.25, 0.3) is 0 Å². The second-order valence-corrected chi connectivity index (χ2v) is 4.38. The van der Waals surface area contributed by atoms with Crippen molar-refractivity contribution in [2.24, 2.45) is 0 Å². The van der Waals surface area contributed by atoms with E-state index in [4.69, 9.17) is 21.1 Å². The minimum Gasteiger partial charge on any atom is -0.475 e. The highest BCUT2D eigenvalue weighted by molar-refractivity contribution is 6.33. The SMILES string of the molecule is CC(Nc1c(F)cccc1Cl)c1ccc(C(=O)O)o1. The Kier molecular flexibility index (Phi) is 3.76. The zero-order valence-electron chi connectivity index (χ0n) is 9.98. The van der Waals surface area contributed by atoms with Crippen molar-refractivity contribution >= 4 is 23.3 Å². The molecule has 1 heterocycles. The highest BCUT2D eigenvalue weighted by atomic mass is 35.5. The van der Waals surface area contributed by atoms with E-state index < -0.39 is 17.8 Å². The Morgan fingerprint density at radius 3 is 2.74 bits per heavy atom. The largest absolute Gasteiger partial charge is 0.475 e. The molecule has 0 aliphatic rings. The van der Waals surface area contributed by atoms with Gasteiger partial charge in [-0.15, -0.1) is 0 Å². The number of para-hydroxylation sites is 1. The molecule has 0 fully saturated rings. The van der Waals surface area contributed by atoms with Gasteiger partial charge in [-0.05, 0) is 31.2 Å². The van der Waals surface area contributed by atoms with Crippen LogP contribution in [0, 0.1) is 5.82 Å². The van der Waals surface area contributed by atoms with Gasteiger partial charge in [-0.25, -0.2) is 9.18 Å². The summed E-state index contributed by atoms with van der Waals surface area (Å²) in [7, 11) is 0. The van der Waals surface area contributed by atoms with Gasteiger partial charge in [-0.3, -0.25) is 0 Å². The molecule has 1 aromatic carbocycles. The summed E-state index contributed by atoms with van der Waals surface area (Å²) in [6, 6.07) is 6.80. The van der Waals surface area contributed by atoms with E-state index in [0.717, 1.165) is 0 Å². The molecule has 2 rings (SSSR count). The number of hydrogen-bond donors (Lipinski definition) is 2. The molecule has 0 bridgehead atoms. The lowest BCUT2D eigenvalue weighted by atomic mass is 10.2. The predicted molar refractivity (Wildman–Crippen MR) is 69.1 cm³/mol. The van der Waals surface area contributed by atoms with E-state index in [1.165, 1.54) is 24.3 Å². The minimum absolute atomic E-state index is 0.157. The van der Waals surface area contributed by atoms with Crippen LogP contribution in [-0.4, -0.2) is 11.1 Å². The topological polar surface area (TPSA) is 62.5 Å². The summed E-state index contributed by atoms with van der Waals surface area (Å²) in [5.41, 5.74) is 0.157. The smallest absolute Gasteiger partial charge is 0.371 e. The Morgan fingerprint density at radius 2 is 2.16 bits per heavy atom. The highest BCUT2D eigenvalue weighted by Crippen LogP contribution is 2.29. The number of rotatable bonds is 4. The second-order valence-electron chi connectivity index (χ2n) is 3.97. The summed E-state index contributed by atoms with van der Waals surface area (Å²) in [5, 5.41) is 11.9. The van der Waals surface area contributed by atoms with Crippen LogP contribution in [0.2, 0.25) is 5.02 Å². The average molecular weight is 284 g/mol. The molecule has 4 nitrogen and oxygen atoms in total. The van der Waals surface area contributed by atoms with E-state index in [1.807, 2.05) is 0 Å².